The van der Waals surface area contributed by atoms with E-state index in [1.807, 2.05) is 18.2 Å². The predicted octanol–water partition coefficient (Wildman–Crippen LogP) is 3.90. The molecule has 1 aromatic heterocycles. The Kier molecular flexibility index (Phi) is 4.11. The van der Waals surface area contributed by atoms with Crippen LogP contribution in [-0.4, -0.2) is 11.1 Å². The van der Waals surface area contributed by atoms with Gasteiger partial charge in [0.05, 0.1) is 5.52 Å². The second kappa shape index (κ2) is 6.02. The molecular weight excluding hydrogens is 260 g/mol. The number of rotatable bonds is 3. The lowest BCUT2D eigenvalue weighted by atomic mass is 9.80. The minimum atomic E-state index is 0.273. The van der Waals surface area contributed by atoms with Crippen LogP contribution in [0.5, 0.6) is 5.88 Å². The lowest BCUT2D eigenvalue weighted by molar-refractivity contribution is 0.0958. The zero-order valence-corrected chi connectivity index (χ0v) is 12.9. The third kappa shape index (κ3) is 3.03. The molecule has 0 radical (unpaired) electrons. The van der Waals surface area contributed by atoms with Crippen LogP contribution in [0.4, 0.5) is 0 Å². The van der Waals surface area contributed by atoms with E-state index in [9.17, 15) is 0 Å². The normalized spacial score (nSPS) is 26.0. The van der Waals surface area contributed by atoms with Crippen molar-refractivity contribution in [3.63, 3.8) is 0 Å². The summed E-state index contributed by atoms with van der Waals surface area (Å²) in [6.45, 7) is 5.12. The van der Waals surface area contributed by atoms with Gasteiger partial charge < -0.3 is 10.5 Å². The predicted molar refractivity (Wildman–Crippen MR) is 86.2 cm³/mol. The quantitative estimate of drug-likeness (QED) is 0.930. The molecule has 1 aromatic carbocycles. The second-order valence-electron chi connectivity index (χ2n) is 6.36. The molecule has 0 bridgehead atoms. The number of ether oxygens (including phenoxy) is 1. The van der Waals surface area contributed by atoms with E-state index in [1.54, 1.807) is 0 Å². The van der Waals surface area contributed by atoms with Crippen molar-refractivity contribution < 1.29 is 4.74 Å². The smallest absolute Gasteiger partial charge is 0.218 e. The van der Waals surface area contributed by atoms with Crippen LogP contribution in [0, 0.1) is 11.8 Å². The lowest BCUT2D eigenvalue weighted by Crippen LogP contribution is -2.29. The number of aromatic nitrogens is 1. The molecule has 2 aromatic rings. The van der Waals surface area contributed by atoms with E-state index in [0.29, 0.717) is 12.5 Å². The summed E-state index contributed by atoms with van der Waals surface area (Å²) in [5, 5.41) is 1.12. The Hall–Kier alpha value is -1.61. The summed E-state index contributed by atoms with van der Waals surface area (Å²) >= 11 is 0. The van der Waals surface area contributed by atoms with Gasteiger partial charge in [0.25, 0.3) is 0 Å². The SMILES string of the molecule is CC1CCC(Oc2nc3ccccc3cc2CN)CC1C. The Labute approximate surface area is 126 Å². The summed E-state index contributed by atoms with van der Waals surface area (Å²) in [5.74, 6) is 2.23. The summed E-state index contributed by atoms with van der Waals surface area (Å²) < 4.78 is 6.21. The first kappa shape index (κ1) is 14.3. The van der Waals surface area contributed by atoms with Crippen LogP contribution in [-0.2, 0) is 6.54 Å². The molecule has 3 unspecified atom stereocenters. The average Bonchev–Trinajstić information content (AvgIpc) is 2.50. The van der Waals surface area contributed by atoms with Crippen LogP contribution in [0.15, 0.2) is 30.3 Å². The van der Waals surface area contributed by atoms with E-state index < -0.39 is 0 Å². The molecular formula is C18H24N2O. The summed E-state index contributed by atoms with van der Waals surface area (Å²) in [5.41, 5.74) is 7.85. The van der Waals surface area contributed by atoms with Crippen LogP contribution in [0.1, 0.15) is 38.7 Å². The van der Waals surface area contributed by atoms with Crippen molar-refractivity contribution in [2.45, 2.75) is 45.8 Å². The highest BCUT2D eigenvalue weighted by Gasteiger charge is 2.26. The monoisotopic (exact) mass is 284 g/mol. The molecule has 0 amide bonds. The van der Waals surface area contributed by atoms with Crippen molar-refractivity contribution in [3.8, 4) is 5.88 Å². The summed E-state index contributed by atoms with van der Waals surface area (Å²) in [6, 6.07) is 10.2. The van der Waals surface area contributed by atoms with E-state index in [4.69, 9.17) is 10.5 Å². The number of pyridine rings is 1. The summed E-state index contributed by atoms with van der Waals surface area (Å²) in [7, 11) is 0. The number of nitrogens with two attached hydrogens (primary N) is 1. The van der Waals surface area contributed by atoms with Crippen LogP contribution >= 0.6 is 0 Å². The Morgan fingerprint density at radius 3 is 2.76 bits per heavy atom. The van der Waals surface area contributed by atoms with Gasteiger partial charge in [0.15, 0.2) is 0 Å². The number of hydrogen-bond acceptors (Lipinski definition) is 3. The first-order valence-corrected chi connectivity index (χ1v) is 7.92. The van der Waals surface area contributed by atoms with Gasteiger partial charge in [-0.1, -0.05) is 32.0 Å². The Morgan fingerprint density at radius 1 is 1.19 bits per heavy atom. The van der Waals surface area contributed by atoms with Gasteiger partial charge in [-0.3, -0.25) is 0 Å². The highest BCUT2D eigenvalue weighted by atomic mass is 16.5. The fourth-order valence-electron chi connectivity index (χ4n) is 3.15. The molecule has 1 saturated carbocycles. The molecule has 3 heteroatoms. The van der Waals surface area contributed by atoms with Crippen LogP contribution in [0.3, 0.4) is 0 Å². The fourth-order valence-corrected chi connectivity index (χ4v) is 3.15. The van der Waals surface area contributed by atoms with Gasteiger partial charge in [-0.25, -0.2) is 4.98 Å². The molecule has 2 N–H and O–H groups in total. The second-order valence-corrected chi connectivity index (χ2v) is 6.36. The number of benzene rings is 1. The largest absolute Gasteiger partial charge is 0.474 e. The first-order valence-electron chi connectivity index (χ1n) is 7.92. The van der Waals surface area contributed by atoms with E-state index in [-0.39, 0.29) is 6.10 Å². The maximum absolute atomic E-state index is 6.21. The Balaban J connectivity index is 1.85. The Bertz CT molecular complexity index is 626. The number of para-hydroxylation sites is 1. The number of hydrogen-bond donors (Lipinski definition) is 1. The molecule has 1 fully saturated rings. The van der Waals surface area contributed by atoms with E-state index in [0.717, 1.165) is 41.1 Å². The molecule has 0 spiro atoms. The fraction of sp³-hybridized carbons (Fsp3) is 0.500. The topological polar surface area (TPSA) is 48.1 Å². The number of fused-ring (bicyclic) bond motifs is 1. The number of nitrogens with zero attached hydrogens (tertiary/aromatic N) is 1. The lowest BCUT2D eigenvalue weighted by Gasteiger charge is -2.32. The van der Waals surface area contributed by atoms with E-state index >= 15 is 0 Å². The highest BCUT2D eigenvalue weighted by Crippen LogP contribution is 2.32. The molecule has 3 rings (SSSR count). The maximum atomic E-state index is 6.21. The molecule has 0 aliphatic heterocycles. The van der Waals surface area contributed by atoms with Crippen molar-refractivity contribution in [1.29, 1.82) is 0 Å². The van der Waals surface area contributed by atoms with Crippen molar-refractivity contribution in [2.75, 3.05) is 0 Å². The minimum absolute atomic E-state index is 0.273. The first-order chi connectivity index (χ1) is 10.2. The van der Waals surface area contributed by atoms with Crippen LogP contribution < -0.4 is 10.5 Å². The molecule has 3 atom stereocenters. The van der Waals surface area contributed by atoms with Gasteiger partial charge in [0.2, 0.25) is 5.88 Å². The van der Waals surface area contributed by atoms with Gasteiger partial charge in [-0.05, 0) is 43.2 Å². The molecule has 21 heavy (non-hydrogen) atoms. The summed E-state index contributed by atoms with van der Waals surface area (Å²) in [4.78, 5) is 4.68. The molecule has 112 valence electrons. The van der Waals surface area contributed by atoms with Gasteiger partial charge in [0, 0.05) is 17.5 Å². The molecule has 1 aliphatic carbocycles. The van der Waals surface area contributed by atoms with Crippen molar-refractivity contribution in [2.24, 2.45) is 17.6 Å². The van der Waals surface area contributed by atoms with Gasteiger partial charge in [-0.2, -0.15) is 0 Å². The molecule has 3 nitrogen and oxygen atoms in total. The maximum Gasteiger partial charge on any atom is 0.218 e. The third-order valence-electron chi connectivity index (χ3n) is 4.81. The molecule has 0 saturated heterocycles. The third-order valence-corrected chi connectivity index (χ3v) is 4.81. The zero-order chi connectivity index (χ0) is 14.8. The van der Waals surface area contributed by atoms with Crippen LogP contribution in [0.25, 0.3) is 10.9 Å². The minimum Gasteiger partial charge on any atom is -0.474 e. The molecule has 1 aliphatic rings. The van der Waals surface area contributed by atoms with Crippen molar-refractivity contribution >= 4 is 10.9 Å². The average molecular weight is 284 g/mol. The van der Waals surface area contributed by atoms with Crippen LogP contribution in [0.2, 0.25) is 0 Å². The van der Waals surface area contributed by atoms with Crippen molar-refractivity contribution in [3.05, 3.63) is 35.9 Å². The Morgan fingerprint density at radius 2 is 2.00 bits per heavy atom. The molecule has 1 heterocycles. The van der Waals surface area contributed by atoms with Crippen molar-refractivity contribution in [1.82, 2.24) is 4.98 Å². The van der Waals surface area contributed by atoms with Gasteiger partial charge in [0.1, 0.15) is 6.10 Å². The van der Waals surface area contributed by atoms with E-state index in [2.05, 4.69) is 31.0 Å². The van der Waals surface area contributed by atoms with E-state index in [1.165, 1.54) is 6.42 Å². The highest BCUT2D eigenvalue weighted by molar-refractivity contribution is 5.80. The summed E-state index contributed by atoms with van der Waals surface area (Å²) in [6.07, 6.45) is 3.73. The standard InChI is InChI=1S/C18H24N2O/c1-12-7-8-16(9-13(12)2)21-18-15(11-19)10-14-5-3-4-6-17(14)20-18/h3-6,10,12-13,16H,7-9,11,19H2,1-2H3. The van der Waals surface area contributed by atoms with Gasteiger partial charge in [-0.15, -0.1) is 0 Å². The zero-order valence-electron chi connectivity index (χ0n) is 12.9. The van der Waals surface area contributed by atoms with Gasteiger partial charge >= 0.3 is 0 Å².